The molecule has 0 spiro atoms. The summed E-state index contributed by atoms with van der Waals surface area (Å²) in [6.45, 7) is 7.25. The molecule has 0 saturated heterocycles. The average molecular weight is 388 g/mol. The summed E-state index contributed by atoms with van der Waals surface area (Å²) in [6, 6.07) is -1.41. The molecule has 156 valence electrons. The Balaban J connectivity index is 3.83. The second-order valence-electron chi connectivity index (χ2n) is 6.93. The van der Waals surface area contributed by atoms with Gasteiger partial charge in [-0.1, -0.05) is 27.7 Å². The van der Waals surface area contributed by atoms with Crippen molar-refractivity contribution in [1.82, 2.24) is 0 Å². The second-order valence-corrected chi connectivity index (χ2v) is 6.93. The monoisotopic (exact) mass is 388 g/mol. The van der Waals surface area contributed by atoms with E-state index in [4.69, 9.17) is 20.9 Å². The Labute approximate surface area is 160 Å². The summed E-state index contributed by atoms with van der Waals surface area (Å²) in [5.74, 6) is -2.55. The molecule has 9 nitrogen and oxygen atoms in total. The first kappa shape index (κ1) is 25.0. The van der Waals surface area contributed by atoms with E-state index in [2.05, 4.69) is 4.74 Å². The van der Waals surface area contributed by atoms with Crippen LogP contribution >= 0.6 is 0 Å². The average Bonchev–Trinajstić information content (AvgIpc) is 2.60. The van der Waals surface area contributed by atoms with Crippen molar-refractivity contribution in [3.8, 4) is 0 Å². The van der Waals surface area contributed by atoms with E-state index in [1.807, 2.05) is 0 Å². The van der Waals surface area contributed by atoms with Crippen LogP contribution in [-0.4, -0.2) is 49.2 Å². The van der Waals surface area contributed by atoms with Gasteiger partial charge >= 0.3 is 23.9 Å². The van der Waals surface area contributed by atoms with Crippen LogP contribution in [-0.2, 0) is 33.4 Å². The van der Waals surface area contributed by atoms with Gasteiger partial charge in [0.25, 0.3) is 0 Å². The minimum atomic E-state index is -0.706. The normalized spacial score (nSPS) is 13.2. The largest absolute Gasteiger partial charge is 0.465 e. The quantitative estimate of drug-likeness (QED) is 0.213. The van der Waals surface area contributed by atoms with Crippen LogP contribution in [0.15, 0.2) is 0 Å². The smallest absolute Gasteiger partial charge is 0.323 e. The van der Waals surface area contributed by atoms with Gasteiger partial charge in [-0.3, -0.25) is 19.2 Å². The molecule has 0 bridgehead atoms. The van der Waals surface area contributed by atoms with E-state index in [0.717, 1.165) is 0 Å². The van der Waals surface area contributed by atoms with Gasteiger partial charge in [-0.25, -0.2) is 0 Å². The van der Waals surface area contributed by atoms with E-state index < -0.39 is 36.0 Å². The number of esters is 4. The van der Waals surface area contributed by atoms with Gasteiger partial charge in [0.2, 0.25) is 0 Å². The molecule has 0 heterocycles. The van der Waals surface area contributed by atoms with Crippen molar-refractivity contribution in [3.63, 3.8) is 0 Å². The molecule has 0 aromatic carbocycles. The first-order chi connectivity index (χ1) is 12.6. The Morgan fingerprint density at radius 2 is 1.04 bits per heavy atom. The van der Waals surface area contributed by atoms with Crippen LogP contribution in [0.2, 0.25) is 0 Å². The van der Waals surface area contributed by atoms with Crippen LogP contribution in [0, 0.1) is 11.8 Å². The molecule has 0 saturated carbocycles. The van der Waals surface area contributed by atoms with Crippen LogP contribution < -0.4 is 11.5 Å². The predicted molar refractivity (Wildman–Crippen MR) is 97.1 cm³/mol. The molecule has 0 aliphatic carbocycles. The van der Waals surface area contributed by atoms with Gasteiger partial charge in [-0.2, -0.15) is 0 Å². The van der Waals surface area contributed by atoms with Gasteiger partial charge in [0, 0.05) is 12.8 Å². The Morgan fingerprint density at radius 3 is 1.33 bits per heavy atom. The molecule has 0 aliphatic rings. The van der Waals surface area contributed by atoms with Crippen molar-refractivity contribution in [2.75, 3.05) is 13.2 Å². The number of nitrogens with two attached hydrogens (primary N) is 2. The van der Waals surface area contributed by atoms with Crippen molar-refractivity contribution in [3.05, 3.63) is 0 Å². The lowest BCUT2D eigenvalue weighted by atomic mass is 10.1. The summed E-state index contributed by atoms with van der Waals surface area (Å²) in [6.07, 6.45) is 0.336. The van der Waals surface area contributed by atoms with E-state index in [0.29, 0.717) is 0 Å². The maximum atomic E-state index is 11.5. The zero-order chi connectivity index (χ0) is 21.0. The summed E-state index contributed by atoms with van der Waals surface area (Å²) in [4.78, 5) is 46.1. The molecule has 0 fully saturated rings. The molecule has 0 aromatic heterocycles. The minimum absolute atomic E-state index is 0.0224. The van der Waals surface area contributed by atoms with E-state index in [-0.39, 0.29) is 50.7 Å². The molecule has 0 rings (SSSR count). The van der Waals surface area contributed by atoms with Crippen LogP contribution in [0.25, 0.3) is 0 Å². The van der Waals surface area contributed by atoms with Gasteiger partial charge < -0.3 is 25.7 Å². The zero-order valence-corrected chi connectivity index (χ0v) is 16.6. The van der Waals surface area contributed by atoms with Crippen LogP contribution in [0.4, 0.5) is 0 Å². The molecule has 27 heavy (non-hydrogen) atoms. The fourth-order valence-electron chi connectivity index (χ4n) is 1.74. The molecule has 0 aliphatic heterocycles. The minimum Gasteiger partial charge on any atom is -0.465 e. The number of carbonyl (C=O) groups is 4. The summed E-state index contributed by atoms with van der Waals surface area (Å²) in [7, 11) is 0. The lowest BCUT2D eigenvalue weighted by Gasteiger charge is -2.14. The van der Waals surface area contributed by atoms with Crippen molar-refractivity contribution in [2.24, 2.45) is 23.3 Å². The Morgan fingerprint density at radius 1 is 0.704 bits per heavy atom. The Hall–Kier alpha value is -2.00. The number of hydrogen-bond acceptors (Lipinski definition) is 9. The van der Waals surface area contributed by atoms with Crippen LogP contribution in [0.5, 0.6) is 0 Å². The lowest BCUT2D eigenvalue weighted by molar-refractivity contribution is -0.161. The fraction of sp³-hybridized carbons (Fsp3) is 0.778. The summed E-state index contributed by atoms with van der Waals surface area (Å²) >= 11 is 0. The van der Waals surface area contributed by atoms with E-state index in [1.54, 1.807) is 27.7 Å². The highest BCUT2D eigenvalue weighted by atomic mass is 16.6. The number of hydrogen-bond donors (Lipinski definition) is 2. The molecule has 0 radical (unpaired) electrons. The fourth-order valence-corrected chi connectivity index (χ4v) is 1.74. The first-order valence-corrected chi connectivity index (χ1v) is 9.14. The molecule has 0 amide bonds. The van der Waals surface area contributed by atoms with E-state index in [9.17, 15) is 19.2 Å². The van der Waals surface area contributed by atoms with Crippen LogP contribution in [0.1, 0.15) is 53.4 Å². The third kappa shape index (κ3) is 11.3. The van der Waals surface area contributed by atoms with Gasteiger partial charge in [0.1, 0.15) is 12.1 Å². The standard InChI is InChI=1S/C18H32N2O7/c1-11(2)15(19)17(23)25-9-5-7-13(21)27-14(22)8-6-10-26-18(24)16(20)12(3)4/h11-12,15-16H,5-10,19-20H2,1-4H3/t15-,16-/m0/s1. The van der Waals surface area contributed by atoms with Crippen molar-refractivity contribution in [1.29, 1.82) is 0 Å². The highest BCUT2D eigenvalue weighted by Crippen LogP contribution is 2.04. The molecule has 2 atom stereocenters. The SMILES string of the molecule is CC(C)[C@H](N)C(=O)OCCCC(=O)OC(=O)CCCOC(=O)[C@@H](N)C(C)C. The highest BCUT2D eigenvalue weighted by molar-refractivity contribution is 5.85. The zero-order valence-electron chi connectivity index (χ0n) is 16.6. The maximum absolute atomic E-state index is 11.5. The molecule has 9 heteroatoms. The lowest BCUT2D eigenvalue weighted by Crippen LogP contribution is -2.37. The molecular formula is C18H32N2O7. The summed E-state index contributed by atoms with van der Waals surface area (Å²) in [5, 5.41) is 0. The summed E-state index contributed by atoms with van der Waals surface area (Å²) < 4.78 is 14.5. The van der Waals surface area contributed by atoms with Gasteiger partial charge in [-0.15, -0.1) is 0 Å². The first-order valence-electron chi connectivity index (χ1n) is 9.14. The van der Waals surface area contributed by atoms with Gasteiger partial charge in [0.05, 0.1) is 13.2 Å². The Bertz CT molecular complexity index is 462. The van der Waals surface area contributed by atoms with Crippen molar-refractivity contribution < 1.29 is 33.4 Å². The number of rotatable bonds is 12. The number of ether oxygens (including phenoxy) is 3. The third-order valence-electron chi connectivity index (χ3n) is 3.75. The molecular weight excluding hydrogens is 356 g/mol. The topological polar surface area (TPSA) is 148 Å². The van der Waals surface area contributed by atoms with Gasteiger partial charge in [0.15, 0.2) is 0 Å². The van der Waals surface area contributed by atoms with E-state index >= 15 is 0 Å². The predicted octanol–water partition coefficient (Wildman–Crippen LogP) is 0.670. The Kier molecular flexibility index (Phi) is 12.2. The van der Waals surface area contributed by atoms with Crippen molar-refractivity contribution in [2.45, 2.75) is 65.5 Å². The molecule has 0 aromatic rings. The molecule has 0 unspecified atom stereocenters. The van der Waals surface area contributed by atoms with Crippen molar-refractivity contribution >= 4 is 23.9 Å². The third-order valence-corrected chi connectivity index (χ3v) is 3.75. The van der Waals surface area contributed by atoms with E-state index in [1.165, 1.54) is 0 Å². The highest BCUT2D eigenvalue weighted by Gasteiger charge is 2.20. The second kappa shape index (κ2) is 13.2. The maximum Gasteiger partial charge on any atom is 0.323 e. The number of carbonyl (C=O) groups excluding carboxylic acids is 4. The van der Waals surface area contributed by atoms with Gasteiger partial charge in [-0.05, 0) is 24.7 Å². The van der Waals surface area contributed by atoms with Crippen LogP contribution in [0.3, 0.4) is 0 Å². The summed E-state index contributed by atoms with van der Waals surface area (Å²) in [5.41, 5.74) is 11.3. The molecule has 4 N–H and O–H groups in total.